The number of benzene rings is 1. The van der Waals surface area contributed by atoms with E-state index < -0.39 is 0 Å². The summed E-state index contributed by atoms with van der Waals surface area (Å²) in [6.45, 7) is 9.55. The molecule has 20 heavy (non-hydrogen) atoms. The van der Waals surface area contributed by atoms with Crippen LogP contribution in [0.2, 0.25) is 0 Å². The predicted octanol–water partition coefficient (Wildman–Crippen LogP) is 1.19. The Balaban J connectivity index is 1.60. The molecule has 1 aromatic heterocycles. The molecular weight excluding hydrogens is 270 g/mol. The molecule has 2 aromatic rings. The van der Waals surface area contributed by atoms with Crippen LogP contribution in [0.3, 0.4) is 0 Å². The highest BCUT2D eigenvalue weighted by Gasteiger charge is 2.13. The average molecular weight is 292 g/mol. The van der Waals surface area contributed by atoms with Gasteiger partial charge in [-0.05, 0) is 37.1 Å². The number of rotatable bonds is 4. The number of hydrogen-bond donors (Lipinski definition) is 2. The van der Waals surface area contributed by atoms with Crippen LogP contribution in [-0.2, 0) is 4.74 Å². The molecule has 0 radical (unpaired) electrons. The van der Waals surface area contributed by atoms with Gasteiger partial charge in [0.15, 0.2) is 5.16 Å². The number of aromatic amines is 1. The number of nitrogens with one attached hydrogen (secondary N) is 2. The van der Waals surface area contributed by atoms with Crippen LogP contribution in [0.25, 0.3) is 11.0 Å². The molecule has 0 atom stereocenters. The van der Waals surface area contributed by atoms with Gasteiger partial charge in [-0.1, -0.05) is 11.8 Å². The number of morpholine rings is 1. The van der Waals surface area contributed by atoms with Gasteiger partial charge in [0.2, 0.25) is 0 Å². The molecule has 0 saturated carbocycles. The summed E-state index contributed by atoms with van der Waals surface area (Å²) in [4.78, 5) is 9.73. The minimum absolute atomic E-state index is 0.906. The molecule has 0 bridgehead atoms. The van der Waals surface area contributed by atoms with Crippen LogP contribution < -0.4 is 4.90 Å². The van der Waals surface area contributed by atoms with Crippen LogP contribution in [0.5, 0.6) is 0 Å². The van der Waals surface area contributed by atoms with Crippen molar-refractivity contribution in [2.24, 2.45) is 0 Å². The monoisotopic (exact) mass is 292 g/mol. The van der Waals surface area contributed by atoms with E-state index in [-0.39, 0.29) is 0 Å². The Kier molecular flexibility index (Phi) is 4.29. The summed E-state index contributed by atoms with van der Waals surface area (Å²) < 4.78 is 5.38. The van der Waals surface area contributed by atoms with Crippen molar-refractivity contribution in [3.63, 3.8) is 0 Å². The second-order valence-electron chi connectivity index (χ2n) is 5.46. The Labute approximate surface area is 123 Å². The first kappa shape index (κ1) is 13.9. The van der Waals surface area contributed by atoms with Crippen molar-refractivity contribution >= 4 is 22.8 Å². The zero-order valence-electron chi connectivity index (χ0n) is 12.2. The molecule has 0 unspecified atom stereocenters. The van der Waals surface area contributed by atoms with E-state index in [1.54, 1.807) is 4.90 Å². The molecule has 0 spiro atoms. The molecule has 0 aliphatic carbocycles. The van der Waals surface area contributed by atoms with E-state index >= 15 is 0 Å². The highest BCUT2D eigenvalue weighted by Crippen LogP contribution is 2.21. The lowest BCUT2D eigenvalue weighted by Crippen LogP contribution is -3.14. The molecule has 1 aliphatic heterocycles. The summed E-state index contributed by atoms with van der Waals surface area (Å²) >= 11 is 1.82. The highest BCUT2D eigenvalue weighted by molar-refractivity contribution is 7.99. The van der Waals surface area contributed by atoms with Crippen molar-refractivity contribution in [3.8, 4) is 0 Å². The predicted molar refractivity (Wildman–Crippen MR) is 82.7 cm³/mol. The number of aromatic nitrogens is 2. The molecule has 5 heteroatoms. The first-order valence-electron chi connectivity index (χ1n) is 7.23. The lowest BCUT2D eigenvalue weighted by molar-refractivity contribution is -0.905. The second kappa shape index (κ2) is 6.16. The number of imidazole rings is 1. The third-order valence-corrected chi connectivity index (χ3v) is 4.84. The maximum atomic E-state index is 5.38. The quantitative estimate of drug-likeness (QED) is 0.832. The number of fused-ring (bicyclic) bond motifs is 1. The molecular formula is C15H22N3OS+. The van der Waals surface area contributed by atoms with Crippen LogP contribution in [0, 0.1) is 13.8 Å². The maximum absolute atomic E-state index is 5.38. The van der Waals surface area contributed by atoms with Crippen molar-refractivity contribution in [2.45, 2.75) is 19.0 Å². The van der Waals surface area contributed by atoms with Gasteiger partial charge in [0.1, 0.15) is 13.1 Å². The number of H-pyrrole nitrogens is 1. The van der Waals surface area contributed by atoms with Crippen LogP contribution in [0.15, 0.2) is 17.3 Å². The normalized spacial score (nSPS) is 16.9. The van der Waals surface area contributed by atoms with Crippen molar-refractivity contribution in [3.05, 3.63) is 23.3 Å². The summed E-state index contributed by atoms with van der Waals surface area (Å²) in [7, 11) is 0. The van der Waals surface area contributed by atoms with Gasteiger partial charge >= 0.3 is 0 Å². The van der Waals surface area contributed by atoms with E-state index in [2.05, 4.69) is 35.9 Å². The summed E-state index contributed by atoms with van der Waals surface area (Å²) in [5, 5.41) is 1.04. The van der Waals surface area contributed by atoms with Crippen molar-refractivity contribution in [1.82, 2.24) is 9.97 Å². The fourth-order valence-electron chi connectivity index (χ4n) is 2.52. The van der Waals surface area contributed by atoms with E-state index in [4.69, 9.17) is 4.74 Å². The number of hydrogen-bond acceptors (Lipinski definition) is 3. The smallest absolute Gasteiger partial charge is 0.166 e. The van der Waals surface area contributed by atoms with Crippen molar-refractivity contribution in [1.29, 1.82) is 0 Å². The Morgan fingerprint density at radius 3 is 2.80 bits per heavy atom. The highest BCUT2D eigenvalue weighted by atomic mass is 32.2. The second-order valence-corrected chi connectivity index (χ2v) is 6.54. The SMILES string of the molecule is Cc1cc2nc(SCC[NH+]3CCOCC3)[nH]c2cc1C. The lowest BCUT2D eigenvalue weighted by atomic mass is 10.1. The van der Waals surface area contributed by atoms with E-state index in [1.807, 2.05) is 11.8 Å². The first-order valence-corrected chi connectivity index (χ1v) is 8.22. The van der Waals surface area contributed by atoms with E-state index in [9.17, 15) is 0 Å². The fraction of sp³-hybridized carbons (Fsp3) is 0.533. The molecule has 1 fully saturated rings. The third kappa shape index (κ3) is 3.16. The molecule has 0 amide bonds. The van der Waals surface area contributed by atoms with Gasteiger partial charge in [-0.25, -0.2) is 4.98 Å². The van der Waals surface area contributed by atoms with Gasteiger partial charge < -0.3 is 14.6 Å². The number of quaternary nitrogens is 1. The molecule has 4 nitrogen and oxygen atoms in total. The van der Waals surface area contributed by atoms with E-state index in [1.165, 1.54) is 17.7 Å². The van der Waals surface area contributed by atoms with Gasteiger partial charge in [-0.3, -0.25) is 0 Å². The minimum Gasteiger partial charge on any atom is -0.370 e. The first-order chi connectivity index (χ1) is 9.72. The Hall–Kier alpha value is -1.04. The molecule has 1 aromatic carbocycles. The van der Waals surface area contributed by atoms with E-state index in [0.717, 1.165) is 48.2 Å². The molecule has 2 N–H and O–H groups in total. The van der Waals surface area contributed by atoms with Crippen molar-refractivity contribution in [2.75, 3.05) is 38.6 Å². The number of nitrogens with zero attached hydrogens (tertiary/aromatic N) is 1. The van der Waals surface area contributed by atoms with Gasteiger partial charge in [0.05, 0.1) is 36.5 Å². The number of thioether (sulfide) groups is 1. The van der Waals surface area contributed by atoms with Crippen molar-refractivity contribution < 1.29 is 9.64 Å². The maximum Gasteiger partial charge on any atom is 0.166 e. The lowest BCUT2D eigenvalue weighted by Gasteiger charge is -2.23. The minimum atomic E-state index is 0.906. The van der Waals surface area contributed by atoms with Crippen LogP contribution >= 0.6 is 11.8 Å². The summed E-state index contributed by atoms with van der Waals surface area (Å²) in [5.41, 5.74) is 4.84. The van der Waals surface area contributed by atoms with E-state index in [0.29, 0.717) is 0 Å². The van der Waals surface area contributed by atoms with Gasteiger partial charge in [-0.2, -0.15) is 0 Å². The third-order valence-electron chi connectivity index (χ3n) is 3.97. The summed E-state index contributed by atoms with van der Waals surface area (Å²) in [6, 6.07) is 4.35. The topological polar surface area (TPSA) is 42.4 Å². The Morgan fingerprint density at radius 2 is 2.00 bits per heavy atom. The number of ether oxygens (including phenoxy) is 1. The summed E-state index contributed by atoms with van der Waals surface area (Å²) in [6.07, 6.45) is 0. The molecule has 2 heterocycles. The largest absolute Gasteiger partial charge is 0.370 e. The van der Waals surface area contributed by atoms with Crippen LogP contribution in [-0.4, -0.2) is 48.6 Å². The molecule has 1 saturated heterocycles. The summed E-state index contributed by atoms with van der Waals surface area (Å²) in [5.74, 6) is 1.10. The van der Waals surface area contributed by atoms with Gasteiger partial charge in [0, 0.05) is 0 Å². The standard InChI is InChI=1S/C15H21N3OS/c1-11-9-13-14(10-12(11)2)17-15(16-13)20-8-5-18-3-6-19-7-4-18/h9-10H,3-8H2,1-2H3,(H,16,17)/p+1. The van der Waals surface area contributed by atoms with Gasteiger partial charge in [-0.15, -0.1) is 0 Å². The van der Waals surface area contributed by atoms with Crippen LogP contribution in [0.4, 0.5) is 0 Å². The molecule has 108 valence electrons. The zero-order chi connectivity index (χ0) is 13.9. The van der Waals surface area contributed by atoms with Gasteiger partial charge in [0.25, 0.3) is 0 Å². The number of aryl methyl sites for hydroxylation is 2. The Bertz CT molecular complexity index is 551. The molecule has 3 rings (SSSR count). The average Bonchev–Trinajstić information content (AvgIpc) is 2.82. The van der Waals surface area contributed by atoms with Crippen LogP contribution in [0.1, 0.15) is 11.1 Å². The zero-order valence-corrected chi connectivity index (χ0v) is 13.0. The molecule has 1 aliphatic rings. The fourth-order valence-corrected chi connectivity index (χ4v) is 3.45. The Morgan fingerprint density at radius 1 is 1.25 bits per heavy atom.